The molecular weight excluding hydrogens is 317 g/mol. The number of pyridine rings is 1. The number of nitrogens with zero attached hydrogens (tertiary/aromatic N) is 3. The van der Waals surface area contributed by atoms with Gasteiger partial charge in [0, 0.05) is 23.3 Å². The minimum atomic E-state index is -0.456. The molecule has 25 heavy (non-hydrogen) atoms. The molecule has 0 N–H and O–H groups in total. The fraction of sp³-hybridized carbons (Fsp3) is 0.250. The first-order chi connectivity index (χ1) is 12.0. The van der Waals surface area contributed by atoms with Crippen LogP contribution in [0.15, 0.2) is 47.5 Å². The third-order valence-electron chi connectivity index (χ3n) is 4.07. The van der Waals surface area contributed by atoms with Crippen molar-refractivity contribution in [1.29, 1.82) is 5.26 Å². The van der Waals surface area contributed by atoms with Crippen LogP contribution in [-0.2, 0) is 6.61 Å². The summed E-state index contributed by atoms with van der Waals surface area (Å²) < 4.78 is 19.6. The Hall–Kier alpha value is -3.00. The molecule has 0 bridgehead atoms. The van der Waals surface area contributed by atoms with Crippen LogP contribution < -0.4 is 4.74 Å². The van der Waals surface area contributed by atoms with Gasteiger partial charge in [-0.25, -0.2) is 9.37 Å². The van der Waals surface area contributed by atoms with Crippen LogP contribution in [-0.4, -0.2) is 17.7 Å². The molecule has 0 amide bonds. The second kappa shape index (κ2) is 6.86. The van der Waals surface area contributed by atoms with Crippen molar-refractivity contribution in [1.82, 2.24) is 4.98 Å². The van der Waals surface area contributed by atoms with E-state index in [9.17, 15) is 4.39 Å². The SMILES string of the molecule is CC1(C)C=NCC=C1c1cccc(OCc2ccc(C#N)cc2F)n1. The van der Waals surface area contributed by atoms with E-state index in [1.165, 1.54) is 6.07 Å². The number of nitriles is 1. The third-order valence-corrected chi connectivity index (χ3v) is 4.07. The van der Waals surface area contributed by atoms with Crippen molar-refractivity contribution in [2.75, 3.05) is 6.54 Å². The van der Waals surface area contributed by atoms with Crippen LogP contribution in [0.1, 0.15) is 30.7 Å². The topological polar surface area (TPSA) is 58.3 Å². The van der Waals surface area contributed by atoms with Crippen molar-refractivity contribution in [2.45, 2.75) is 20.5 Å². The number of rotatable bonds is 4. The van der Waals surface area contributed by atoms with Gasteiger partial charge in [-0.1, -0.05) is 32.1 Å². The van der Waals surface area contributed by atoms with Gasteiger partial charge < -0.3 is 4.74 Å². The van der Waals surface area contributed by atoms with Gasteiger partial charge in [-0.2, -0.15) is 5.26 Å². The zero-order valence-corrected chi connectivity index (χ0v) is 14.2. The fourth-order valence-electron chi connectivity index (χ4n) is 2.72. The standard InChI is InChI=1S/C20H18FN3O/c1-20(2)13-23-9-8-16(20)18-4-3-5-19(24-18)25-12-15-7-6-14(11-22)10-17(15)21/h3-8,10,13H,9,12H2,1-2H3. The molecule has 2 aromatic rings. The van der Waals surface area contributed by atoms with E-state index in [4.69, 9.17) is 10.00 Å². The molecular formula is C20H18FN3O. The van der Waals surface area contributed by atoms with E-state index in [-0.39, 0.29) is 17.6 Å². The van der Waals surface area contributed by atoms with Crippen LogP contribution in [0.3, 0.4) is 0 Å². The van der Waals surface area contributed by atoms with E-state index in [2.05, 4.69) is 29.9 Å². The summed E-state index contributed by atoms with van der Waals surface area (Å²) >= 11 is 0. The molecule has 0 unspecified atom stereocenters. The Balaban J connectivity index is 1.77. The first kappa shape index (κ1) is 16.8. The lowest BCUT2D eigenvalue weighted by atomic mass is 9.82. The smallest absolute Gasteiger partial charge is 0.214 e. The minimum absolute atomic E-state index is 0.0535. The zero-order chi connectivity index (χ0) is 17.9. The van der Waals surface area contributed by atoms with E-state index in [0.717, 1.165) is 11.3 Å². The number of ether oxygens (including phenoxy) is 1. The summed E-state index contributed by atoms with van der Waals surface area (Å²) in [5.74, 6) is -0.0250. The second-order valence-corrected chi connectivity index (χ2v) is 6.40. The summed E-state index contributed by atoms with van der Waals surface area (Å²) in [6.45, 7) is 4.87. The van der Waals surface area contributed by atoms with E-state index in [0.29, 0.717) is 18.0 Å². The number of aromatic nitrogens is 1. The zero-order valence-electron chi connectivity index (χ0n) is 14.2. The van der Waals surface area contributed by atoms with Crippen molar-refractivity contribution in [3.63, 3.8) is 0 Å². The van der Waals surface area contributed by atoms with Gasteiger partial charge in [0.1, 0.15) is 12.4 Å². The van der Waals surface area contributed by atoms with E-state index in [1.807, 2.05) is 24.4 Å². The van der Waals surface area contributed by atoms with Crippen LogP contribution in [0.25, 0.3) is 5.57 Å². The normalized spacial score (nSPS) is 15.4. The van der Waals surface area contributed by atoms with Gasteiger partial charge in [0.05, 0.1) is 23.9 Å². The maximum Gasteiger partial charge on any atom is 0.214 e. The first-order valence-corrected chi connectivity index (χ1v) is 8.00. The van der Waals surface area contributed by atoms with Gasteiger partial charge in [0.15, 0.2) is 0 Å². The monoisotopic (exact) mass is 335 g/mol. The van der Waals surface area contributed by atoms with Crippen LogP contribution >= 0.6 is 0 Å². The van der Waals surface area contributed by atoms with Crippen molar-refractivity contribution in [3.05, 3.63) is 65.1 Å². The predicted molar refractivity (Wildman–Crippen MR) is 94.8 cm³/mol. The van der Waals surface area contributed by atoms with Gasteiger partial charge >= 0.3 is 0 Å². The Kier molecular flexibility index (Phi) is 4.62. The predicted octanol–water partition coefficient (Wildman–Crippen LogP) is 4.17. The number of aliphatic imine (C=N–C) groups is 1. The highest BCUT2D eigenvalue weighted by molar-refractivity contribution is 5.87. The van der Waals surface area contributed by atoms with Crippen molar-refractivity contribution >= 4 is 11.8 Å². The molecule has 126 valence electrons. The Morgan fingerprint density at radius 3 is 2.84 bits per heavy atom. The second-order valence-electron chi connectivity index (χ2n) is 6.40. The summed E-state index contributed by atoms with van der Waals surface area (Å²) in [7, 11) is 0. The molecule has 0 fully saturated rings. The molecule has 0 aliphatic carbocycles. The summed E-state index contributed by atoms with van der Waals surface area (Å²) in [6, 6.07) is 11.8. The molecule has 0 atom stereocenters. The van der Waals surface area contributed by atoms with Crippen LogP contribution in [0.4, 0.5) is 4.39 Å². The van der Waals surface area contributed by atoms with E-state index < -0.39 is 5.82 Å². The lowest BCUT2D eigenvalue weighted by Crippen LogP contribution is -2.20. The molecule has 0 saturated carbocycles. The molecule has 1 aromatic carbocycles. The Labute approximate surface area is 146 Å². The van der Waals surface area contributed by atoms with Gasteiger partial charge in [0.25, 0.3) is 0 Å². The van der Waals surface area contributed by atoms with Gasteiger partial charge in [0.2, 0.25) is 5.88 Å². The van der Waals surface area contributed by atoms with Crippen LogP contribution in [0, 0.1) is 22.6 Å². The number of benzene rings is 1. The Bertz CT molecular complexity index is 894. The molecule has 2 heterocycles. The largest absolute Gasteiger partial charge is 0.473 e. The molecule has 5 heteroatoms. The van der Waals surface area contributed by atoms with Crippen molar-refractivity contribution in [2.24, 2.45) is 10.4 Å². The highest BCUT2D eigenvalue weighted by Crippen LogP contribution is 2.34. The highest BCUT2D eigenvalue weighted by atomic mass is 19.1. The van der Waals surface area contributed by atoms with Gasteiger partial charge in [-0.15, -0.1) is 0 Å². The fourth-order valence-corrected chi connectivity index (χ4v) is 2.72. The Morgan fingerprint density at radius 2 is 2.12 bits per heavy atom. The molecule has 1 aliphatic heterocycles. The molecule has 1 aromatic heterocycles. The van der Waals surface area contributed by atoms with E-state index in [1.54, 1.807) is 18.2 Å². The lowest BCUT2D eigenvalue weighted by Gasteiger charge is -2.26. The molecule has 0 radical (unpaired) electrons. The first-order valence-electron chi connectivity index (χ1n) is 8.00. The number of dihydropyridines is 1. The molecule has 0 saturated heterocycles. The van der Waals surface area contributed by atoms with Crippen LogP contribution in [0.2, 0.25) is 0 Å². The van der Waals surface area contributed by atoms with Crippen LogP contribution in [0.5, 0.6) is 5.88 Å². The average Bonchev–Trinajstić information content (AvgIpc) is 2.60. The van der Waals surface area contributed by atoms with Gasteiger partial charge in [-0.05, 0) is 23.8 Å². The number of hydrogen-bond donors (Lipinski definition) is 0. The number of hydrogen-bond acceptors (Lipinski definition) is 4. The molecule has 4 nitrogen and oxygen atoms in total. The van der Waals surface area contributed by atoms with Crippen molar-refractivity contribution in [3.8, 4) is 11.9 Å². The summed E-state index contributed by atoms with van der Waals surface area (Å²) in [4.78, 5) is 8.85. The number of halogens is 1. The number of allylic oxidation sites excluding steroid dienone is 1. The highest BCUT2D eigenvalue weighted by Gasteiger charge is 2.25. The average molecular weight is 335 g/mol. The maximum absolute atomic E-state index is 13.9. The van der Waals surface area contributed by atoms with Crippen molar-refractivity contribution < 1.29 is 9.13 Å². The van der Waals surface area contributed by atoms with Gasteiger partial charge in [-0.3, -0.25) is 4.99 Å². The lowest BCUT2D eigenvalue weighted by molar-refractivity contribution is 0.287. The minimum Gasteiger partial charge on any atom is -0.473 e. The molecule has 0 spiro atoms. The van der Waals surface area contributed by atoms with E-state index >= 15 is 0 Å². The Morgan fingerprint density at radius 1 is 1.28 bits per heavy atom. The summed E-state index contributed by atoms with van der Waals surface area (Å²) in [6.07, 6.45) is 4.00. The summed E-state index contributed by atoms with van der Waals surface area (Å²) in [5, 5.41) is 8.79. The molecule has 3 rings (SSSR count). The third kappa shape index (κ3) is 3.74. The maximum atomic E-state index is 13.9. The summed E-state index contributed by atoms with van der Waals surface area (Å²) in [5.41, 5.74) is 2.40. The molecule has 1 aliphatic rings. The quantitative estimate of drug-likeness (QED) is 0.843.